The molecule has 140 valence electrons. The Morgan fingerprint density at radius 2 is 1.96 bits per heavy atom. The van der Waals surface area contributed by atoms with E-state index in [2.05, 4.69) is 23.2 Å². The van der Waals surface area contributed by atoms with Crippen molar-refractivity contribution in [3.05, 3.63) is 31.6 Å². The summed E-state index contributed by atoms with van der Waals surface area (Å²) in [4.78, 5) is 17.6. The van der Waals surface area contributed by atoms with Crippen molar-refractivity contribution in [1.82, 2.24) is 24.0 Å². The standard InChI is InChI=1S/C15H25N5O4S/c1-5-8-18(9-6-2)15(21)20-13-16-14(17-20)25(22,23)19(10-7-3)11-12-24-4/h5-6,13H,1-2,7-12H2,3-4H3. The molecule has 0 unspecified atom stereocenters. The van der Waals surface area contributed by atoms with E-state index in [4.69, 9.17) is 4.74 Å². The molecule has 9 nitrogen and oxygen atoms in total. The second-order valence-electron chi connectivity index (χ2n) is 5.13. The molecule has 0 bridgehead atoms. The molecule has 1 aromatic heterocycles. The van der Waals surface area contributed by atoms with E-state index in [1.165, 1.54) is 16.3 Å². The van der Waals surface area contributed by atoms with Crippen molar-refractivity contribution in [2.45, 2.75) is 18.5 Å². The van der Waals surface area contributed by atoms with Gasteiger partial charge in [-0.3, -0.25) is 0 Å². The van der Waals surface area contributed by atoms with E-state index in [1.807, 2.05) is 6.92 Å². The molecule has 0 aromatic carbocycles. The molecule has 0 fully saturated rings. The van der Waals surface area contributed by atoms with E-state index in [1.54, 1.807) is 12.2 Å². The fourth-order valence-corrected chi connectivity index (χ4v) is 3.40. The average molecular weight is 371 g/mol. The Balaban J connectivity index is 3.05. The number of methoxy groups -OCH3 is 1. The largest absolute Gasteiger partial charge is 0.383 e. The first kappa shape index (κ1) is 21.0. The van der Waals surface area contributed by atoms with Crippen molar-refractivity contribution < 1.29 is 17.9 Å². The molecule has 0 spiro atoms. The molecule has 0 saturated heterocycles. The van der Waals surface area contributed by atoms with Gasteiger partial charge in [-0.1, -0.05) is 19.1 Å². The summed E-state index contributed by atoms with van der Waals surface area (Å²) in [6.07, 6.45) is 4.84. The summed E-state index contributed by atoms with van der Waals surface area (Å²) in [7, 11) is -2.40. The third kappa shape index (κ3) is 5.48. The van der Waals surface area contributed by atoms with Crippen molar-refractivity contribution in [3.63, 3.8) is 0 Å². The first-order valence-electron chi connectivity index (χ1n) is 7.84. The topological polar surface area (TPSA) is 97.6 Å². The van der Waals surface area contributed by atoms with Crippen molar-refractivity contribution >= 4 is 16.1 Å². The highest BCUT2D eigenvalue weighted by Gasteiger charge is 2.29. The Kier molecular flexibility index (Phi) is 8.46. The van der Waals surface area contributed by atoms with Crippen molar-refractivity contribution in [3.8, 4) is 0 Å². The Hall–Kier alpha value is -2.04. The number of hydrogen-bond acceptors (Lipinski definition) is 6. The van der Waals surface area contributed by atoms with Crippen LogP contribution in [0.2, 0.25) is 0 Å². The summed E-state index contributed by atoms with van der Waals surface area (Å²) in [6.45, 7) is 10.4. The molecule has 1 rings (SSSR count). The van der Waals surface area contributed by atoms with Gasteiger partial charge in [-0.2, -0.15) is 8.99 Å². The Morgan fingerprint density at radius 3 is 2.48 bits per heavy atom. The predicted molar refractivity (Wildman–Crippen MR) is 93.7 cm³/mol. The lowest BCUT2D eigenvalue weighted by atomic mass is 10.5. The lowest BCUT2D eigenvalue weighted by Gasteiger charge is -2.19. The maximum absolute atomic E-state index is 12.7. The number of amides is 1. The summed E-state index contributed by atoms with van der Waals surface area (Å²) < 4.78 is 32.4. The Morgan fingerprint density at radius 1 is 1.32 bits per heavy atom. The van der Waals surface area contributed by atoms with Crippen molar-refractivity contribution in [2.24, 2.45) is 0 Å². The number of ether oxygens (including phenoxy) is 1. The molecule has 0 N–H and O–H groups in total. The number of sulfonamides is 1. The normalized spacial score (nSPS) is 11.5. The smallest absolute Gasteiger partial charge is 0.346 e. The summed E-state index contributed by atoms with van der Waals surface area (Å²) in [5.74, 6) is 0. The lowest BCUT2D eigenvalue weighted by Crippen LogP contribution is -2.37. The molecule has 0 aliphatic heterocycles. The van der Waals surface area contributed by atoms with Gasteiger partial charge < -0.3 is 9.64 Å². The second-order valence-corrected chi connectivity index (χ2v) is 6.97. The van der Waals surface area contributed by atoms with Gasteiger partial charge in [0.15, 0.2) is 0 Å². The van der Waals surface area contributed by atoms with Gasteiger partial charge in [-0.15, -0.1) is 18.3 Å². The maximum atomic E-state index is 12.7. The van der Waals surface area contributed by atoms with Gasteiger partial charge >= 0.3 is 6.03 Å². The Labute approximate surface area is 148 Å². The lowest BCUT2D eigenvalue weighted by molar-refractivity contribution is 0.178. The van der Waals surface area contributed by atoms with E-state index < -0.39 is 21.2 Å². The molecule has 0 radical (unpaired) electrons. The van der Waals surface area contributed by atoms with E-state index in [-0.39, 0.29) is 26.2 Å². The van der Waals surface area contributed by atoms with Gasteiger partial charge in [0, 0.05) is 33.3 Å². The van der Waals surface area contributed by atoms with Crippen LogP contribution in [0, 0.1) is 0 Å². The minimum atomic E-state index is -3.90. The molecule has 1 aromatic rings. The van der Waals surface area contributed by atoms with Gasteiger partial charge in [0.05, 0.1) is 6.61 Å². The molecular weight excluding hydrogens is 346 g/mol. The zero-order chi connectivity index (χ0) is 18.9. The first-order chi connectivity index (χ1) is 11.9. The highest BCUT2D eigenvalue weighted by atomic mass is 32.2. The van der Waals surface area contributed by atoms with Gasteiger partial charge in [-0.05, 0) is 6.42 Å². The monoisotopic (exact) mass is 371 g/mol. The van der Waals surface area contributed by atoms with E-state index in [0.717, 1.165) is 11.0 Å². The fraction of sp³-hybridized carbons (Fsp3) is 0.533. The number of rotatable bonds is 11. The number of carbonyl (C=O) groups is 1. The molecule has 0 saturated carbocycles. The quantitative estimate of drug-likeness (QED) is 0.538. The van der Waals surface area contributed by atoms with Crippen LogP contribution in [-0.2, 0) is 14.8 Å². The van der Waals surface area contributed by atoms with Gasteiger partial charge in [0.2, 0.25) is 0 Å². The summed E-state index contributed by atoms with van der Waals surface area (Å²) in [6, 6.07) is -0.507. The molecule has 1 heterocycles. The van der Waals surface area contributed by atoms with Crippen LogP contribution in [0.1, 0.15) is 13.3 Å². The predicted octanol–water partition coefficient (Wildman–Crippen LogP) is 0.967. The highest BCUT2D eigenvalue weighted by molar-refractivity contribution is 7.88. The van der Waals surface area contributed by atoms with Crippen LogP contribution in [0.25, 0.3) is 0 Å². The molecule has 0 aliphatic rings. The van der Waals surface area contributed by atoms with Crippen LogP contribution < -0.4 is 0 Å². The van der Waals surface area contributed by atoms with Crippen LogP contribution >= 0.6 is 0 Å². The van der Waals surface area contributed by atoms with E-state index in [0.29, 0.717) is 13.0 Å². The summed E-state index contributed by atoms with van der Waals surface area (Å²) in [5, 5.41) is 3.44. The number of nitrogens with zero attached hydrogens (tertiary/aromatic N) is 5. The number of aromatic nitrogens is 3. The zero-order valence-corrected chi connectivity index (χ0v) is 15.5. The van der Waals surface area contributed by atoms with Crippen LogP contribution in [0.3, 0.4) is 0 Å². The van der Waals surface area contributed by atoms with Crippen LogP contribution in [-0.4, -0.2) is 78.3 Å². The van der Waals surface area contributed by atoms with Crippen molar-refractivity contribution in [2.75, 3.05) is 39.9 Å². The van der Waals surface area contributed by atoms with Crippen LogP contribution in [0.15, 0.2) is 36.8 Å². The summed E-state index contributed by atoms with van der Waals surface area (Å²) in [5.41, 5.74) is 0. The van der Waals surface area contributed by atoms with Gasteiger partial charge in [-0.25, -0.2) is 18.2 Å². The van der Waals surface area contributed by atoms with Gasteiger partial charge in [0.25, 0.3) is 15.2 Å². The minimum absolute atomic E-state index is 0.189. The highest BCUT2D eigenvalue weighted by Crippen LogP contribution is 2.11. The summed E-state index contributed by atoms with van der Waals surface area (Å²) >= 11 is 0. The Bertz CT molecular complexity index is 676. The maximum Gasteiger partial charge on any atom is 0.346 e. The molecule has 1 amide bonds. The zero-order valence-electron chi connectivity index (χ0n) is 14.7. The average Bonchev–Trinajstić information content (AvgIpc) is 3.08. The van der Waals surface area contributed by atoms with E-state index in [9.17, 15) is 13.2 Å². The molecule has 10 heteroatoms. The molecule has 25 heavy (non-hydrogen) atoms. The second kappa shape index (κ2) is 10.1. The van der Waals surface area contributed by atoms with E-state index >= 15 is 0 Å². The van der Waals surface area contributed by atoms with Crippen LogP contribution in [0.5, 0.6) is 0 Å². The van der Waals surface area contributed by atoms with Crippen molar-refractivity contribution in [1.29, 1.82) is 0 Å². The molecular formula is C15H25N5O4S. The fourth-order valence-electron chi connectivity index (χ4n) is 2.06. The molecule has 0 aliphatic carbocycles. The SMILES string of the molecule is C=CCN(CC=C)C(=O)n1cnc(S(=O)(=O)N(CCC)CCOC)n1. The van der Waals surface area contributed by atoms with Crippen LogP contribution in [0.4, 0.5) is 4.79 Å². The third-order valence-corrected chi connectivity index (χ3v) is 4.92. The first-order valence-corrected chi connectivity index (χ1v) is 9.28. The third-order valence-electron chi connectivity index (χ3n) is 3.22. The number of hydrogen-bond donors (Lipinski definition) is 0. The minimum Gasteiger partial charge on any atom is -0.383 e. The molecule has 0 atom stereocenters. The number of carbonyl (C=O) groups excluding carboxylic acids is 1. The van der Waals surface area contributed by atoms with Gasteiger partial charge in [0.1, 0.15) is 6.33 Å².